The lowest BCUT2D eigenvalue weighted by Crippen LogP contribution is -2.31. The molecule has 1 fully saturated rings. The van der Waals surface area contributed by atoms with Crippen LogP contribution in [-0.2, 0) is 12.1 Å². The smallest absolute Gasteiger partial charge is 0.138 e. The number of aliphatic hydroxyl groups is 1. The highest BCUT2D eigenvalue weighted by Gasteiger charge is 2.40. The van der Waals surface area contributed by atoms with Crippen LogP contribution >= 0.6 is 0 Å². The minimum absolute atomic E-state index is 0.191. The lowest BCUT2D eigenvalue weighted by Gasteiger charge is -2.21. The van der Waals surface area contributed by atoms with Crippen molar-refractivity contribution in [3.63, 3.8) is 0 Å². The summed E-state index contributed by atoms with van der Waals surface area (Å²) in [5.41, 5.74) is 1.12. The quantitative estimate of drug-likeness (QED) is 0.885. The molecule has 1 unspecified atom stereocenters. The highest BCUT2D eigenvalue weighted by atomic mass is 16.3. The first-order valence-electron chi connectivity index (χ1n) is 7.90. The van der Waals surface area contributed by atoms with Crippen LogP contribution in [0.15, 0.2) is 18.3 Å². The second-order valence-electron chi connectivity index (χ2n) is 6.59. The molecule has 1 saturated heterocycles. The molecule has 0 radical (unpaired) electrons. The molecule has 2 aromatic rings. The Balaban J connectivity index is 1.73. The van der Waals surface area contributed by atoms with Gasteiger partial charge in [-0.1, -0.05) is 5.21 Å². The van der Waals surface area contributed by atoms with Gasteiger partial charge < -0.3 is 10.2 Å². The number of aromatic hydroxyl groups is 1. The largest absolute Gasteiger partial charge is 0.506 e. The number of rotatable bonds is 4. The summed E-state index contributed by atoms with van der Waals surface area (Å²) in [7, 11) is 0. The zero-order valence-electron chi connectivity index (χ0n) is 13.8. The first-order valence-corrected chi connectivity index (χ1v) is 7.90. The second-order valence-corrected chi connectivity index (χ2v) is 6.59. The number of pyridine rings is 1. The standard InChI is InChI=1S/C16H23N5O2/c1-11(2)21-9-15(18-19-21)16(23)6-7-20(10-16)8-13-14(22)5-4-12(3)17-13/h4-5,9,11,22-23H,6-8,10H2,1-3H3. The van der Waals surface area contributed by atoms with Gasteiger partial charge in [-0.3, -0.25) is 9.88 Å². The molecule has 23 heavy (non-hydrogen) atoms. The first-order chi connectivity index (χ1) is 10.9. The minimum Gasteiger partial charge on any atom is -0.506 e. The summed E-state index contributed by atoms with van der Waals surface area (Å²) in [6, 6.07) is 3.66. The monoisotopic (exact) mass is 317 g/mol. The van der Waals surface area contributed by atoms with E-state index in [2.05, 4.69) is 20.2 Å². The van der Waals surface area contributed by atoms with Crippen LogP contribution in [0, 0.1) is 6.92 Å². The van der Waals surface area contributed by atoms with Crippen molar-refractivity contribution in [3.05, 3.63) is 35.4 Å². The van der Waals surface area contributed by atoms with Gasteiger partial charge in [0.2, 0.25) is 0 Å². The highest BCUT2D eigenvalue weighted by Crippen LogP contribution is 2.32. The van der Waals surface area contributed by atoms with Crippen LogP contribution in [0.4, 0.5) is 0 Å². The van der Waals surface area contributed by atoms with E-state index in [1.165, 1.54) is 0 Å². The Kier molecular flexibility index (Phi) is 4.08. The SMILES string of the molecule is Cc1ccc(O)c(CN2CCC(O)(c3cn(C(C)C)nn3)C2)n1. The molecule has 1 aliphatic heterocycles. The zero-order valence-corrected chi connectivity index (χ0v) is 13.8. The van der Waals surface area contributed by atoms with Crippen LogP contribution < -0.4 is 0 Å². The predicted octanol–water partition coefficient (Wildman–Crippen LogP) is 1.36. The number of aromatic nitrogens is 4. The summed E-state index contributed by atoms with van der Waals surface area (Å²) in [4.78, 5) is 6.46. The van der Waals surface area contributed by atoms with Gasteiger partial charge in [-0.25, -0.2) is 4.68 Å². The Morgan fingerprint density at radius 2 is 2.13 bits per heavy atom. The molecule has 3 rings (SSSR count). The molecule has 3 heterocycles. The van der Waals surface area contributed by atoms with Crippen LogP contribution in [0.5, 0.6) is 5.75 Å². The van der Waals surface area contributed by atoms with E-state index in [-0.39, 0.29) is 11.8 Å². The van der Waals surface area contributed by atoms with Crippen LogP contribution in [0.25, 0.3) is 0 Å². The number of aryl methyl sites for hydroxylation is 1. The van der Waals surface area contributed by atoms with Gasteiger partial charge in [-0.05, 0) is 39.3 Å². The third kappa shape index (κ3) is 3.20. The van der Waals surface area contributed by atoms with E-state index in [9.17, 15) is 10.2 Å². The summed E-state index contributed by atoms with van der Waals surface area (Å²) in [6.07, 6.45) is 2.41. The Morgan fingerprint density at radius 1 is 1.35 bits per heavy atom. The number of hydrogen-bond acceptors (Lipinski definition) is 6. The Morgan fingerprint density at radius 3 is 2.83 bits per heavy atom. The third-order valence-electron chi connectivity index (χ3n) is 4.31. The van der Waals surface area contributed by atoms with E-state index >= 15 is 0 Å². The van der Waals surface area contributed by atoms with Gasteiger partial charge in [-0.2, -0.15) is 0 Å². The van der Waals surface area contributed by atoms with E-state index in [4.69, 9.17) is 0 Å². The fourth-order valence-corrected chi connectivity index (χ4v) is 2.89. The van der Waals surface area contributed by atoms with Crippen molar-refractivity contribution in [1.29, 1.82) is 0 Å². The molecule has 124 valence electrons. The fraction of sp³-hybridized carbons (Fsp3) is 0.562. The summed E-state index contributed by atoms with van der Waals surface area (Å²) < 4.78 is 1.75. The topological polar surface area (TPSA) is 87.3 Å². The molecule has 0 amide bonds. The lowest BCUT2D eigenvalue weighted by atomic mass is 10.00. The average Bonchev–Trinajstić information content (AvgIpc) is 3.11. The fourth-order valence-electron chi connectivity index (χ4n) is 2.89. The molecule has 1 aliphatic rings. The number of hydrogen-bond donors (Lipinski definition) is 2. The van der Waals surface area contributed by atoms with Gasteiger partial charge in [0.05, 0.1) is 11.9 Å². The molecular weight excluding hydrogens is 294 g/mol. The van der Waals surface area contributed by atoms with Gasteiger partial charge in [0.1, 0.15) is 17.0 Å². The van der Waals surface area contributed by atoms with Crippen LogP contribution in [-0.4, -0.2) is 48.2 Å². The van der Waals surface area contributed by atoms with Gasteiger partial charge in [0.25, 0.3) is 0 Å². The predicted molar refractivity (Wildman–Crippen MR) is 84.8 cm³/mol. The maximum absolute atomic E-state index is 10.9. The van der Waals surface area contributed by atoms with Crippen LogP contribution in [0.2, 0.25) is 0 Å². The molecule has 0 saturated carbocycles. The Bertz CT molecular complexity index is 700. The van der Waals surface area contributed by atoms with Crippen LogP contribution in [0.1, 0.15) is 43.4 Å². The Hall–Kier alpha value is -1.99. The highest BCUT2D eigenvalue weighted by molar-refractivity contribution is 5.27. The van der Waals surface area contributed by atoms with Crippen molar-refractivity contribution >= 4 is 0 Å². The van der Waals surface area contributed by atoms with E-state index in [1.807, 2.05) is 27.0 Å². The Labute approximate surface area is 135 Å². The number of β-amino-alcohol motifs (C(OH)–C–C–N with tert-alkyl or cyclic N) is 1. The van der Waals surface area contributed by atoms with E-state index in [0.29, 0.717) is 30.9 Å². The summed E-state index contributed by atoms with van der Waals surface area (Å²) in [5.74, 6) is 0.191. The van der Waals surface area contributed by atoms with Gasteiger partial charge in [0, 0.05) is 31.4 Å². The molecule has 1 atom stereocenters. The molecule has 0 spiro atoms. The molecule has 2 aromatic heterocycles. The molecule has 2 N–H and O–H groups in total. The van der Waals surface area contributed by atoms with Gasteiger partial charge in [-0.15, -0.1) is 5.10 Å². The van der Waals surface area contributed by atoms with Crippen molar-refractivity contribution in [3.8, 4) is 5.75 Å². The van der Waals surface area contributed by atoms with Crippen molar-refractivity contribution < 1.29 is 10.2 Å². The molecule has 0 bridgehead atoms. The maximum Gasteiger partial charge on any atom is 0.138 e. The van der Waals surface area contributed by atoms with E-state index in [1.54, 1.807) is 16.8 Å². The average molecular weight is 317 g/mol. The summed E-state index contributed by atoms with van der Waals surface area (Å²) in [6.45, 7) is 7.63. The zero-order chi connectivity index (χ0) is 16.6. The number of nitrogens with zero attached hydrogens (tertiary/aromatic N) is 5. The minimum atomic E-state index is -0.993. The maximum atomic E-state index is 10.9. The molecule has 7 heteroatoms. The summed E-state index contributed by atoms with van der Waals surface area (Å²) in [5, 5.41) is 29.0. The van der Waals surface area contributed by atoms with Gasteiger partial charge in [0.15, 0.2) is 0 Å². The normalized spacial score (nSPS) is 22.1. The molecular formula is C16H23N5O2. The van der Waals surface area contributed by atoms with Crippen molar-refractivity contribution in [2.24, 2.45) is 0 Å². The summed E-state index contributed by atoms with van der Waals surface area (Å²) >= 11 is 0. The van der Waals surface area contributed by atoms with Gasteiger partial charge >= 0.3 is 0 Å². The second kappa shape index (κ2) is 5.90. The number of likely N-dealkylation sites (tertiary alicyclic amines) is 1. The van der Waals surface area contributed by atoms with Crippen molar-refractivity contribution in [2.75, 3.05) is 13.1 Å². The van der Waals surface area contributed by atoms with E-state index in [0.717, 1.165) is 12.2 Å². The third-order valence-corrected chi connectivity index (χ3v) is 4.31. The molecule has 7 nitrogen and oxygen atoms in total. The van der Waals surface area contributed by atoms with Crippen molar-refractivity contribution in [1.82, 2.24) is 24.9 Å². The lowest BCUT2D eigenvalue weighted by molar-refractivity contribution is 0.0406. The first kappa shape index (κ1) is 15.9. The molecule has 0 aliphatic carbocycles. The van der Waals surface area contributed by atoms with Crippen LogP contribution in [0.3, 0.4) is 0 Å². The molecule has 0 aromatic carbocycles. The van der Waals surface area contributed by atoms with E-state index < -0.39 is 5.60 Å². The van der Waals surface area contributed by atoms with Crippen molar-refractivity contribution in [2.45, 2.75) is 45.4 Å².